The summed E-state index contributed by atoms with van der Waals surface area (Å²) in [4.78, 5) is 13.7. The van der Waals surface area contributed by atoms with Gasteiger partial charge < -0.3 is 4.42 Å². The predicted molar refractivity (Wildman–Crippen MR) is 209 cm³/mol. The number of rotatable bonds is 5. The lowest BCUT2D eigenvalue weighted by molar-refractivity contribution is 0.669. The minimum atomic E-state index is -0.827. The van der Waals surface area contributed by atoms with Crippen LogP contribution < -0.4 is 0 Å². The van der Waals surface area contributed by atoms with Gasteiger partial charge in [-0.2, -0.15) is 0 Å². The van der Waals surface area contributed by atoms with Gasteiger partial charge in [0, 0.05) is 27.5 Å². The van der Waals surface area contributed by atoms with Crippen LogP contribution in [-0.2, 0) is 0 Å². The molecule has 2 aromatic heterocycles. The predicted octanol–water partition coefficient (Wildman–Crippen LogP) is 12.4. The first-order valence-electron chi connectivity index (χ1n) is 25.5. The summed E-state index contributed by atoms with van der Waals surface area (Å²) in [7, 11) is 0. The molecule has 0 aliphatic heterocycles. The first kappa shape index (κ1) is 15.3. The Morgan fingerprint density at radius 3 is 1.82 bits per heavy atom. The molecule has 0 saturated heterocycles. The van der Waals surface area contributed by atoms with Crippen molar-refractivity contribution < 1.29 is 31.8 Å². The van der Waals surface area contributed by atoms with Crippen LogP contribution in [0.2, 0.25) is 0 Å². The summed E-state index contributed by atoms with van der Waals surface area (Å²) in [6.45, 7) is 0. The van der Waals surface area contributed by atoms with Crippen molar-refractivity contribution in [3.63, 3.8) is 0 Å². The largest absolute Gasteiger partial charge is 0.456 e. The quantitative estimate of drug-likeness (QED) is 0.183. The summed E-state index contributed by atoms with van der Waals surface area (Å²) in [5.74, 6) is -1.09. The van der Waals surface area contributed by atoms with Gasteiger partial charge in [0.05, 0.1) is 27.4 Å². The van der Waals surface area contributed by atoms with E-state index in [0.717, 1.165) is 11.1 Å². The minimum Gasteiger partial charge on any atom is -0.456 e. The number of furan rings is 1. The molecule has 0 spiro atoms. The molecule has 0 radical (unpaired) electrons. The van der Waals surface area contributed by atoms with Gasteiger partial charge in [-0.3, -0.25) is 0 Å². The average molecular weight is 672 g/mol. The molecular weight excluding hydrogens is 623 g/mol. The maximum absolute atomic E-state index is 9.80. The van der Waals surface area contributed by atoms with Crippen LogP contribution in [0.3, 0.4) is 0 Å². The zero-order valence-electron chi connectivity index (χ0n) is 45.9. The number of benzene rings is 8. The Labute approximate surface area is 322 Å². The summed E-state index contributed by atoms with van der Waals surface area (Å²) >= 11 is 0. The minimum absolute atomic E-state index is 0.139. The fourth-order valence-electron chi connectivity index (χ4n) is 5.94. The summed E-state index contributed by atoms with van der Waals surface area (Å²) in [5.41, 5.74) is -1.09. The summed E-state index contributed by atoms with van der Waals surface area (Å²) in [6, 6.07) is 1.22. The Kier molecular flexibility index (Phi) is 3.58. The van der Waals surface area contributed by atoms with Crippen LogP contribution in [0, 0.1) is 0 Å². The van der Waals surface area contributed by atoms with E-state index in [9.17, 15) is 8.22 Å². The van der Waals surface area contributed by atoms with E-state index < -0.39 is 187 Å². The van der Waals surface area contributed by atoms with Crippen LogP contribution in [-0.4, -0.2) is 15.0 Å². The number of hydrogen-bond acceptors (Lipinski definition) is 4. The second-order valence-electron chi connectivity index (χ2n) is 11.3. The first-order chi connectivity index (χ1) is 33.6. The Morgan fingerprint density at radius 2 is 1.02 bits per heavy atom. The van der Waals surface area contributed by atoms with Crippen molar-refractivity contribution in [1.29, 1.82) is 0 Å². The molecule has 0 atom stereocenters. The van der Waals surface area contributed by atoms with E-state index in [4.69, 9.17) is 23.6 Å². The van der Waals surface area contributed by atoms with E-state index in [2.05, 4.69) is 15.0 Å². The topological polar surface area (TPSA) is 51.8 Å². The highest BCUT2D eigenvalue weighted by Crippen LogP contribution is 2.42. The first-order valence-corrected chi connectivity index (χ1v) is 15.5. The lowest BCUT2D eigenvalue weighted by atomic mass is 9.92. The van der Waals surface area contributed by atoms with E-state index >= 15 is 0 Å². The molecule has 10 aromatic rings. The molecule has 0 aliphatic carbocycles. The van der Waals surface area contributed by atoms with Crippen LogP contribution >= 0.6 is 0 Å². The van der Waals surface area contributed by atoms with Gasteiger partial charge in [-0.05, 0) is 68.0 Å². The van der Waals surface area contributed by atoms with E-state index in [1.807, 2.05) is 30.3 Å². The zero-order valence-corrected chi connectivity index (χ0v) is 25.9. The molecule has 0 unspecified atom stereocenters. The van der Waals surface area contributed by atoms with E-state index in [0.29, 0.717) is 5.56 Å². The van der Waals surface area contributed by atoms with Crippen molar-refractivity contribution in [2.75, 3.05) is 0 Å². The molecule has 4 nitrogen and oxygen atoms in total. The standard InChI is InChI=1S/C47H29N3O/c1-3-12-30(13-4-1)31-22-24-34(25-23-31)46-48-45(33-15-5-2-6-16-33)49-47(50-46)35-26-27-42-41(28-35)44-39-20-10-9-19-38(39)40(29-43(44)51-42)37-21-11-17-32-14-7-8-18-36(32)37/h1-29H/i2D,5D,6D,7D,8D,9D,10D,11D,14D,15D,16D,17D,18D,19D,20D,21D,26D,27D,28D,29D. The number of hydrogen-bond donors (Lipinski definition) is 0. The molecule has 10 rings (SSSR count). The van der Waals surface area contributed by atoms with E-state index in [1.165, 1.54) is 0 Å². The fourth-order valence-corrected chi connectivity index (χ4v) is 5.94. The molecule has 0 bridgehead atoms. The van der Waals surface area contributed by atoms with Crippen molar-refractivity contribution >= 4 is 43.5 Å². The lowest BCUT2D eigenvalue weighted by Gasteiger charge is -2.11. The van der Waals surface area contributed by atoms with Gasteiger partial charge in [0.1, 0.15) is 11.2 Å². The Morgan fingerprint density at radius 1 is 0.392 bits per heavy atom. The van der Waals surface area contributed by atoms with Crippen LogP contribution in [0.25, 0.3) is 99.9 Å². The highest BCUT2D eigenvalue weighted by atomic mass is 16.3. The van der Waals surface area contributed by atoms with Gasteiger partial charge in [-0.15, -0.1) is 0 Å². The summed E-state index contributed by atoms with van der Waals surface area (Å²) in [6.07, 6.45) is 0. The zero-order chi connectivity index (χ0) is 51.1. The smallest absolute Gasteiger partial charge is 0.164 e. The molecule has 0 saturated carbocycles. The molecule has 51 heavy (non-hydrogen) atoms. The monoisotopic (exact) mass is 671 g/mol. The fraction of sp³-hybridized carbons (Fsp3) is 0. The third kappa shape index (κ3) is 5.04. The summed E-state index contributed by atoms with van der Waals surface area (Å²) < 4.78 is 184. The molecule has 0 aliphatic rings. The van der Waals surface area contributed by atoms with Crippen LogP contribution in [0.15, 0.2) is 180 Å². The van der Waals surface area contributed by atoms with Gasteiger partial charge in [0.2, 0.25) is 0 Å². The molecule has 0 N–H and O–H groups in total. The van der Waals surface area contributed by atoms with Crippen LogP contribution in [0.1, 0.15) is 27.4 Å². The van der Waals surface area contributed by atoms with E-state index in [1.54, 1.807) is 24.3 Å². The van der Waals surface area contributed by atoms with Gasteiger partial charge in [-0.25, -0.2) is 15.0 Å². The van der Waals surface area contributed by atoms with Crippen LogP contribution in [0.4, 0.5) is 0 Å². The van der Waals surface area contributed by atoms with Gasteiger partial charge in [0.25, 0.3) is 0 Å². The third-order valence-corrected chi connectivity index (χ3v) is 8.28. The molecule has 0 amide bonds. The average Bonchev–Trinajstić information content (AvgIpc) is 3.78. The maximum Gasteiger partial charge on any atom is 0.164 e. The number of aromatic nitrogens is 3. The number of nitrogens with zero attached hydrogens (tertiary/aromatic N) is 3. The summed E-state index contributed by atoms with van der Waals surface area (Å²) in [5, 5.41) is -2.63. The maximum atomic E-state index is 9.80. The van der Waals surface area contributed by atoms with Gasteiger partial charge in [0.15, 0.2) is 17.5 Å². The molecule has 2 heterocycles. The van der Waals surface area contributed by atoms with Crippen LogP contribution in [0.5, 0.6) is 0 Å². The van der Waals surface area contributed by atoms with Crippen molar-refractivity contribution in [2.24, 2.45) is 0 Å². The highest BCUT2D eigenvalue weighted by Gasteiger charge is 2.18. The lowest BCUT2D eigenvalue weighted by Crippen LogP contribution is -2.00. The van der Waals surface area contributed by atoms with E-state index in [-0.39, 0.29) is 16.6 Å². The van der Waals surface area contributed by atoms with Crippen molar-refractivity contribution in [3.8, 4) is 56.4 Å². The Balaban J connectivity index is 1.35. The highest BCUT2D eigenvalue weighted by molar-refractivity contribution is 6.23. The van der Waals surface area contributed by atoms with Crippen molar-refractivity contribution in [2.45, 2.75) is 0 Å². The third-order valence-electron chi connectivity index (χ3n) is 8.28. The second kappa shape index (κ2) is 11.9. The Bertz CT molecular complexity index is 4010. The van der Waals surface area contributed by atoms with Gasteiger partial charge >= 0.3 is 0 Å². The normalized spacial score (nSPS) is 17.0. The molecule has 4 heteroatoms. The Hall–Kier alpha value is -6.91. The van der Waals surface area contributed by atoms with Gasteiger partial charge in [-0.1, -0.05) is 151 Å². The van der Waals surface area contributed by atoms with Crippen molar-refractivity contribution in [3.05, 3.63) is 175 Å². The van der Waals surface area contributed by atoms with Crippen molar-refractivity contribution in [1.82, 2.24) is 15.0 Å². The molecular formula is C47H29N3O. The second-order valence-corrected chi connectivity index (χ2v) is 11.3. The SMILES string of the molecule is [2H]c1c([2H])c([2H])c(-c2nc(-c3ccc(-c4ccccc4)cc3)nc(-c3c([2H])c([2H])c4oc5c([2H])c(-c6c([2H])c([2H])c([2H])c7c([2H])c([2H])c([2H])c([2H])c67)c6c([2H])c([2H])c([2H])c([2H])c6c5c4c3[2H])n2)c([2H])c1[2H]. The number of fused-ring (bicyclic) bond motifs is 6. The molecule has 8 aromatic carbocycles. The molecule has 0 fully saturated rings. The molecule has 238 valence electrons.